The van der Waals surface area contributed by atoms with Gasteiger partial charge < -0.3 is 85.1 Å². The molecule has 4 rings (SSSR count). The van der Waals surface area contributed by atoms with E-state index in [-0.39, 0.29) is 32.2 Å². The van der Waals surface area contributed by atoms with E-state index in [1.54, 1.807) is 96.2 Å². The number of ether oxygens (including phenoxy) is 7. The number of rotatable bonds is 11. The predicted octanol–water partition coefficient (Wildman–Crippen LogP) is 2.04. The van der Waals surface area contributed by atoms with E-state index in [9.17, 15) is 44.4 Å². The van der Waals surface area contributed by atoms with Crippen LogP contribution in [0.1, 0.15) is 116 Å². The highest BCUT2D eigenvalue weighted by Gasteiger charge is 2.58. The lowest BCUT2D eigenvalue weighted by molar-refractivity contribution is -0.306. The Bertz CT molecular complexity index is 1800. The van der Waals surface area contributed by atoms with E-state index in [0.29, 0.717) is 5.76 Å². The first-order chi connectivity index (χ1) is 30.5. The van der Waals surface area contributed by atoms with E-state index in [4.69, 9.17) is 33.2 Å². The number of alkyl carbamates (subject to hydrolysis) is 3. The first-order valence-electron chi connectivity index (χ1n) is 22.8. The van der Waals surface area contributed by atoms with Gasteiger partial charge in [-0.25, -0.2) is 19.2 Å². The Morgan fingerprint density at radius 3 is 1.76 bits per heavy atom. The van der Waals surface area contributed by atoms with E-state index in [1.165, 1.54) is 14.0 Å². The first-order valence-corrected chi connectivity index (χ1v) is 22.8. The number of nitrogens with one attached hydrogen (secondary N) is 5. The zero-order valence-electron chi connectivity index (χ0n) is 41.8. The average molecular weight is 959 g/mol. The molecule has 11 atom stereocenters. The smallest absolute Gasteiger partial charge is 0.410 e. The van der Waals surface area contributed by atoms with Crippen molar-refractivity contribution in [3.8, 4) is 0 Å². The van der Waals surface area contributed by atoms with Crippen molar-refractivity contribution in [1.29, 1.82) is 0 Å². The van der Waals surface area contributed by atoms with Gasteiger partial charge in [0.2, 0.25) is 0 Å². The summed E-state index contributed by atoms with van der Waals surface area (Å²) < 4.78 is 41.1. The number of likely N-dealkylation sites (N-methyl/N-ethyl adjacent to an activating group) is 2. The lowest BCUT2D eigenvalue weighted by Gasteiger charge is -2.52. The van der Waals surface area contributed by atoms with Crippen molar-refractivity contribution < 1.29 is 77.6 Å². The summed E-state index contributed by atoms with van der Waals surface area (Å²) in [5, 5.41) is 62.0. The van der Waals surface area contributed by atoms with Crippen LogP contribution in [0.3, 0.4) is 0 Å². The van der Waals surface area contributed by atoms with Gasteiger partial charge in [-0.05, 0) is 116 Å². The highest BCUT2D eigenvalue weighted by molar-refractivity contribution is 5.87. The molecule has 0 radical (unpaired) electrons. The molecule has 0 aromatic rings. The van der Waals surface area contributed by atoms with E-state index >= 15 is 0 Å². The fraction of sp³-hybridized carbons (Fsp3) is 0.844. The van der Waals surface area contributed by atoms with Crippen LogP contribution in [-0.2, 0) is 38.0 Å². The lowest BCUT2D eigenvalue weighted by Crippen LogP contribution is -2.72. The molecule has 2 aliphatic heterocycles. The molecule has 22 nitrogen and oxygen atoms in total. The van der Waals surface area contributed by atoms with Gasteiger partial charge in [0.05, 0.1) is 37.4 Å². The first kappa shape index (κ1) is 55.4. The molecule has 3 fully saturated rings. The highest BCUT2D eigenvalue weighted by atomic mass is 16.7. The summed E-state index contributed by atoms with van der Waals surface area (Å²) in [6, 6.07) is -5.30. The SMILES string of the molecule is CNCC1=CC[C@@H](NC(=O)OC(C)(C)C)C([C@H]2[C@H](O)[C@@H](O[C@H]3OC[C@](C)(O)[C@H](N(C)C(=O)OC(C)(C)C)[C@H]3O)[C@H](NC(=O)C3(O)CC(NC(=O)OC(C)(C)C)C3)C[C@@H]2NC(=O)OC(C)(C)C)O1. The summed E-state index contributed by atoms with van der Waals surface area (Å²) in [5.74, 6) is -1.64. The molecule has 67 heavy (non-hydrogen) atoms. The van der Waals surface area contributed by atoms with Crippen LogP contribution in [0.4, 0.5) is 19.2 Å². The molecule has 0 aromatic carbocycles. The van der Waals surface area contributed by atoms with Gasteiger partial charge in [-0.1, -0.05) is 0 Å². The molecular formula is C45H78N6O16. The average Bonchev–Trinajstić information content (AvgIpc) is 3.11. The standard InChI is InChI=1S/C45H78N6O16/c1-40(2,3)64-36(55)47-23-19-45(60,20-23)35(54)48-27-18-26(50-38(57)66-42(7,8)9)28(31-25(17-16-24(62-31)21-46-14)49-37(56)65-41(4,5)6)29(52)32(27)63-34-30(53)33(44(13,59)22-61-34)51(15)39(58)67-43(10,11)12/h16,23,25-34,46,52-53,59-60H,17-22H2,1-15H3,(H,47,55)(H,48,54)(H,49,56)(H,50,57)/t23?,25-,26+,27-,28-,29+,30-,31?,32+,33-,34-,44+,45?/m1/s1. The largest absolute Gasteiger partial charge is 0.491 e. The molecule has 0 aromatic heterocycles. The molecule has 384 valence electrons. The predicted molar refractivity (Wildman–Crippen MR) is 240 cm³/mol. The van der Waals surface area contributed by atoms with Crippen molar-refractivity contribution >= 4 is 30.3 Å². The quantitative estimate of drug-likeness (QED) is 0.134. The van der Waals surface area contributed by atoms with Crippen LogP contribution in [0.2, 0.25) is 0 Å². The minimum atomic E-state index is -2.01. The molecule has 9 N–H and O–H groups in total. The molecule has 2 heterocycles. The van der Waals surface area contributed by atoms with Crippen LogP contribution in [0.15, 0.2) is 11.8 Å². The Balaban J connectivity index is 1.78. The van der Waals surface area contributed by atoms with Gasteiger partial charge in [0, 0.05) is 37.9 Å². The molecule has 22 heteroatoms. The molecule has 0 bridgehead atoms. The molecule has 0 spiro atoms. The number of amides is 5. The summed E-state index contributed by atoms with van der Waals surface area (Å²) in [7, 11) is 3.04. The molecular weight excluding hydrogens is 881 g/mol. The van der Waals surface area contributed by atoms with Crippen molar-refractivity contribution in [3.05, 3.63) is 11.8 Å². The summed E-state index contributed by atoms with van der Waals surface area (Å²) in [6.45, 7) is 21.3. The number of hydrogen-bond donors (Lipinski definition) is 9. The van der Waals surface area contributed by atoms with E-state index in [2.05, 4.69) is 26.6 Å². The van der Waals surface area contributed by atoms with Crippen LogP contribution in [0.25, 0.3) is 0 Å². The van der Waals surface area contributed by atoms with Crippen molar-refractivity contribution in [2.45, 2.75) is 210 Å². The second-order valence-electron chi connectivity index (χ2n) is 22.4. The topological polar surface area (TPSA) is 294 Å². The Morgan fingerprint density at radius 1 is 0.746 bits per heavy atom. The van der Waals surface area contributed by atoms with Gasteiger partial charge >= 0.3 is 24.4 Å². The van der Waals surface area contributed by atoms with Crippen LogP contribution in [0.5, 0.6) is 0 Å². The second kappa shape index (κ2) is 20.8. The maximum atomic E-state index is 14.2. The van der Waals surface area contributed by atoms with Gasteiger partial charge in [0.15, 0.2) is 6.29 Å². The Labute approximate surface area is 393 Å². The lowest BCUT2D eigenvalue weighted by atomic mass is 9.71. The van der Waals surface area contributed by atoms with Crippen molar-refractivity contribution in [2.75, 3.05) is 27.2 Å². The number of aliphatic hydroxyl groups excluding tert-OH is 2. The summed E-state index contributed by atoms with van der Waals surface area (Å²) in [6.07, 6.45) is -9.84. The summed E-state index contributed by atoms with van der Waals surface area (Å²) in [5.41, 5.74) is -7.44. The van der Waals surface area contributed by atoms with Gasteiger partial charge in [-0.3, -0.25) is 4.79 Å². The maximum absolute atomic E-state index is 14.2. The third-order valence-electron chi connectivity index (χ3n) is 11.3. The van der Waals surface area contributed by atoms with Gasteiger partial charge in [-0.15, -0.1) is 0 Å². The van der Waals surface area contributed by atoms with E-state index < -0.39 is 137 Å². The Kier molecular flexibility index (Phi) is 17.2. The molecule has 2 aliphatic carbocycles. The Hall–Kier alpha value is -4.19. The molecule has 1 unspecified atom stereocenters. The van der Waals surface area contributed by atoms with Crippen molar-refractivity contribution in [1.82, 2.24) is 31.5 Å². The number of hydrogen-bond acceptors (Lipinski definition) is 17. The van der Waals surface area contributed by atoms with Crippen LogP contribution in [-0.4, -0.2) is 177 Å². The minimum absolute atomic E-state index is 0.193. The van der Waals surface area contributed by atoms with Crippen LogP contribution < -0.4 is 26.6 Å². The molecule has 5 amide bonds. The van der Waals surface area contributed by atoms with Crippen LogP contribution in [0, 0.1) is 5.92 Å². The highest BCUT2D eigenvalue weighted by Crippen LogP contribution is 2.40. The summed E-state index contributed by atoms with van der Waals surface area (Å²) in [4.78, 5) is 68.0. The van der Waals surface area contributed by atoms with Crippen LogP contribution >= 0.6 is 0 Å². The van der Waals surface area contributed by atoms with Crippen molar-refractivity contribution in [3.63, 3.8) is 0 Å². The minimum Gasteiger partial charge on any atom is -0.491 e. The third kappa shape index (κ3) is 15.4. The van der Waals surface area contributed by atoms with E-state index in [1.807, 2.05) is 0 Å². The number of carbonyl (C=O) groups excluding carboxylic acids is 5. The van der Waals surface area contributed by atoms with Gasteiger partial charge in [0.1, 0.15) is 57.7 Å². The number of aliphatic hydroxyl groups is 4. The van der Waals surface area contributed by atoms with Gasteiger partial charge in [0.25, 0.3) is 5.91 Å². The zero-order valence-corrected chi connectivity index (χ0v) is 41.8. The maximum Gasteiger partial charge on any atom is 0.410 e. The second-order valence-corrected chi connectivity index (χ2v) is 22.4. The number of carbonyl (C=O) groups is 5. The van der Waals surface area contributed by atoms with Crippen molar-refractivity contribution in [2.24, 2.45) is 5.92 Å². The number of nitrogens with zero attached hydrogens (tertiary/aromatic N) is 1. The fourth-order valence-electron chi connectivity index (χ4n) is 8.69. The Morgan fingerprint density at radius 2 is 1.25 bits per heavy atom. The third-order valence-corrected chi connectivity index (χ3v) is 11.3. The monoisotopic (exact) mass is 959 g/mol. The van der Waals surface area contributed by atoms with Gasteiger partial charge in [-0.2, -0.15) is 0 Å². The normalized spacial score (nSPS) is 33.6. The fourth-order valence-corrected chi connectivity index (χ4v) is 8.69. The zero-order chi connectivity index (χ0) is 50.8. The summed E-state index contributed by atoms with van der Waals surface area (Å²) >= 11 is 0. The molecule has 1 saturated heterocycles. The molecule has 4 aliphatic rings. The molecule has 2 saturated carbocycles. The van der Waals surface area contributed by atoms with E-state index in [0.717, 1.165) is 4.90 Å².